The number of nitrogens with one attached hydrogen (secondary N) is 5. The number of hydrogen-bond acceptors (Lipinski definition) is 9. The predicted octanol–water partition coefficient (Wildman–Crippen LogP) is 6.78. The van der Waals surface area contributed by atoms with Crippen molar-refractivity contribution in [3.05, 3.63) is 93.5 Å². The molecule has 4 aromatic rings. The molecular weight excluding hydrogens is 724 g/mol. The molecule has 0 radical (unpaired) electrons. The summed E-state index contributed by atoms with van der Waals surface area (Å²) >= 11 is 12.1. The van der Waals surface area contributed by atoms with Crippen LogP contribution in [0.2, 0.25) is 10.0 Å². The van der Waals surface area contributed by atoms with Gasteiger partial charge in [-0.15, -0.1) is 0 Å². The zero-order chi connectivity index (χ0) is 37.7. The highest BCUT2D eigenvalue weighted by Crippen LogP contribution is 2.48. The first-order valence-electron chi connectivity index (χ1n) is 16.0. The van der Waals surface area contributed by atoms with Crippen LogP contribution in [0, 0.1) is 12.3 Å². The molecule has 1 aliphatic rings. The third kappa shape index (κ3) is 10.7. The van der Waals surface area contributed by atoms with Gasteiger partial charge in [-0.25, -0.2) is 0 Å². The van der Waals surface area contributed by atoms with E-state index >= 15 is 0 Å². The van der Waals surface area contributed by atoms with Gasteiger partial charge in [0.15, 0.2) is 6.61 Å². The first kappa shape index (κ1) is 38.1. The van der Waals surface area contributed by atoms with Crippen LogP contribution in [0.15, 0.2) is 66.7 Å². The lowest BCUT2D eigenvalue weighted by molar-refractivity contribution is -0.154. The van der Waals surface area contributed by atoms with Gasteiger partial charge in [0, 0.05) is 40.1 Å². The third-order valence-corrected chi connectivity index (χ3v) is 8.63. The summed E-state index contributed by atoms with van der Waals surface area (Å²) in [5, 5.41) is 15.0. The van der Waals surface area contributed by atoms with Crippen LogP contribution in [-0.2, 0) is 15.1 Å². The van der Waals surface area contributed by atoms with Crippen molar-refractivity contribution in [2.45, 2.75) is 45.3 Å². The van der Waals surface area contributed by atoms with E-state index in [0.717, 1.165) is 24.0 Å². The number of rotatable bonds is 13. The summed E-state index contributed by atoms with van der Waals surface area (Å²) in [6, 6.07) is 17.8. The average Bonchev–Trinajstić information content (AvgIpc) is 3.87. The van der Waals surface area contributed by atoms with E-state index in [0.29, 0.717) is 27.0 Å². The molecular formula is C35H35Cl2F3N8O4. The molecule has 52 heavy (non-hydrogen) atoms. The number of alkyl halides is 3. The van der Waals surface area contributed by atoms with Crippen molar-refractivity contribution >= 4 is 64.2 Å². The van der Waals surface area contributed by atoms with Crippen molar-refractivity contribution in [1.29, 1.82) is 0 Å². The first-order chi connectivity index (χ1) is 24.5. The van der Waals surface area contributed by atoms with Gasteiger partial charge in [0.1, 0.15) is 0 Å². The van der Waals surface area contributed by atoms with Gasteiger partial charge in [-0.1, -0.05) is 55.2 Å². The van der Waals surface area contributed by atoms with Crippen molar-refractivity contribution in [1.82, 2.24) is 25.6 Å². The highest BCUT2D eigenvalue weighted by atomic mass is 35.5. The van der Waals surface area contributed by atoms with Gasteiger partial charge in [-0.2, -0.15) is 28.1 Å². The second-order valence-electron chi connectivity index (χ2n) is 13.0. The molecule has 0 unspecified atom stereocenters. The Labute approximate surface area is 307 Å². The second-order valence-corrected chi connectivity index (χ2v) is 13.9. The Balaban J connectivity index is 1.17. The maximum Gasteiger partial charge on any atom is 0.422 e. The summed E-state index contributed by atoms with van der Waals surface area (Å²) in [7, 11) is 0. The number of ether oxygens (including phenoxy) is 1. The molecule has 0 spiro atoms. The van der Waals surface area contributed by atoms with E-state index in [4.69, 9.17) is 27.9 Å². The molecule has 12 nitrogen and oxygen atoms in total. The van der Waals surface area contributed by atoms with E-state index in [9.17, 15) is 27.6 Å². The summed E-state index contributed by atoms with van der Waals surface area (Å²) in [5.74, 6) is -2.17. The van der Waals surface area contributed by atoms with E-state index < -0.39 is 47.5 Å². The fourth-order valence-corrected chi connectivity index (χ4v) is 5.16. The molecule has 0 bridgehead atoms. The van der Waals surface area contributed by atoms with Crippen molar-refractivity contribution in [2.24, 2.45) is 5.41 Å². The number of benzene rings is 3. The molecule has 0 aliphatic heterocycles. The molecule has 1 aromatic heterocycles. The van der Waals surface area contributed by atoms with E-state index in [1.54, 1.807) is 42.5 Å². The minimum absolute atomic E-state index is 0.00809. The molecule has 1 fully saturated rings. The molecule has 0 saturated heterocycles. The minimum atomic E-state index is -4.61. The number of nitrogens with zero attached hydrogens (tertiary/aromatic N) is 3. The van der Waals surface area contributed by atoms with E-state index in [-0.39, 0.29) is 25.0 Å². The lowest BCUT2D eigenvalue weighted by Crippen LogP contribution is -2.44. The Morgan fingerprint density at radius 1 is 0.827 bits per heavy atom. The van der Waals surface area contributed by atoms with Gasteiger partial charge in [-0.05, 0) is 84.8 Å². The highest BCUT2D eigenvalue weighted by Gasteiger charge is 2.45. The molecule has 1 saturated carbocycles. The Morgan fingerprint density at radius 3 is 2.10 bits per heavy atom. The SMILES string of the molecule is Cc1ccc(NC(=O)C(=O)NCC(C)(C)CNC(=O)c2ccc(Nc3nc(NC4(c5ccc(Cl)cc5)CC4)nc(OCC(F)(F)F)n3)cc2)cc1Cl. The van der Waals surface area contributed by atoms with Gasteiger partial charge in [0.25, 0.3) is 5.91 Å². The Bertz CT molecular complexity index is 1940. The monoisotopic (exact) mass is 758 g/mol. The number of hydrogen-bond donors (Lipinski definition) is 5. The van der Waals surface area contributed by atoms with E-state index in [1.165, 1.54) is 12.1 Å². The van der Waals surface area contributed by atoms with Crippen LogP contribution in [0.5, 0.6) is 6.01 Å². The lowest BCUT2D eigenvalue weighted by Gasteiger charge is -2.25. The topological polar surface area (TPSA) is 159 Å². The zero-order valence-corrected chi connectivity index (χ0v) is 29.8. The number of amides is 3. The van der Waals surface area contributed by atoms with Crippen LogP contribution in [0.3, 0.4) is 0 Å². The zero-order valence-electron chi connectivity index (χ0n) is 28.3. The fourth-order valence-electron chi connectivity index (χ4n) is 4.85. The number of halogens is 5. The molecule has 17 heteroatoms. The normalized spacial score (nSPS) is 13.5. The largest absolute Gasteiger partial charge is 0.454 e. The Morgan fingerprint density at radius 2 is 1.46 bits per heavy atom. The average molecular weight is 760 g/mol. The number of aryl methyl sites for hydroxylation is 1. The van der Waals surface area contributed by atoms with E-state index in [2.05, 4.69) is 41.5 Å². The Kier molecular flexibility index (Phi) is 11.4. The summed E-state index contributed by atoms with van der Waals surface area (Å²) < 4.78 is 43.6. The first-order valence-corrected chi connectivity index (χ1v) is 16.8. The molecule has 5 rings (SSSR count). The third-order valence-electron chi connectivity index (χ3n) is 7.97. The van der Waals surface area contributed by atoms with E-state index in [1.807, 2.05) is 32.9 Å². The lowest BCUT2D eigenvalue weighted by atomic mass is 9.93. The molecule has 0 atom stereocenters. The van der Waals surface area contributed by atoms with Gasteiger partial charge in [-0.3, -0.25) is 14.4 Å². The molecule has 3 amide bonds. The van der Waals surface area contributed by atoms with Crippen LogP contribution in [0.4, 0.5) is 36.4 Å². The molecule has 274 valence electrons. The number of carbonyl (C=O) groups is 3. The molecule has 5 N–H and O–H groups in total. The fraction of sp³-hybridized carbons (Fsp3) is 0.314. The smallest absolute Gasteiger partial charge is 0.422 e. The number of carbonyl (C=O) groups excluding carboxylic acids is 3. The highest BCUT2D eigenvalue weighted by molar-refractivity contribution is 6.40. The van der Waals surface area contributed by atoms with Crippen molar-refractivity contribution < 1.29 is 32.3 Å². The minimum Gasteiger partial charge on any atom is -0.454 e. The van der Waals surface area contributed by atoms with Gasteiger partial charge >= 0.3 is 24.0 Å². The number of aromatic nitrogens is 3. The number of anilines is 4. The van der Waals surface area contributed by atoms with Crippen LogP contribution in [-0.4, -0.2) is 58.5 Å². The summed E-state index contributed by atoms with van der Waals surface area (Å²) in [6.07, 6.45) is -3.14. The maximum absolute atomic E-state index is 12.9. The molecule has 1 heterocycles. The summed E-state index contributed by atoms with van der Waals surface area (Å²) in [5.41, 5.74) is 1.73. The summed E-state index contributed by atoms with van der Waals surface area (Å²) in [6.45, 7) is 4.10. The van der Waals surface area contributed by atoms with Crippen LogP contribution < -0.4 is 31.3 Å². The van der Waals surface area contributed by atoms with Crippen molar-refractivity contribution in [2.75, 3.05) is 35.6 Å². The standard InChI is InChI=1S/C35H35Cl2F3N8O4/c1-20-4-11-25(16-26(20)37)43-29(51)28(50)42-18-33(2,3)17-41-27(49)21-5-12-24(13-6-21)44-30-45-31(47-32(46-30)52-19-35(38,39)40)48-34(14-15-34)22-7-9-23(36)10-8-22/h4-13,16H,14-15,17-19H2,1-3H3,(H,41,49)(H,42,50)(H,43,51)(H2,44,45,46,47,48). The quantitative estimate of drug-likeness (QED) is 0.0927. The van der Waals surface area contributed by atoms with Crippen molar-refractivity contribution in [3.8, 4) is 6.01 Å². The maximum atomic E-state index is 12.9. The van der Waals surface area contributed by atoms with Crippen LogP contribution in [0.1, 0.15) is 48.2 Å². The summed E-state index contributed by atoms with van der Waals surface area (Å²) in [4.78, 5) is 50.1. The molecule has 1 aliphatic carbocycles. The molecule has 3 aromatic carbocycles. The van der Waals surface area contributed by atoms with Gasteiger partial charge in [0.05, 0.1) is 5.54 Å². The van der Waals surface area contributed by atoms with Crippen LogP contribution >= 0.6 is 23.2 Å². The predicted molar refractivity (Wildman–Crippen MR) is 191 cm³/mol. The Hall–Kier alpha value is -5.15. The van der Waals surface area contributed by atoms with Crippen LogP contribution in [0.25, 0.3) is 0 Å². The second kappa shape index (κ2) is 15.6. The van der Waals surface area contributed by atoms with Gasteiger partial charge in [0.2, 0.25) is 11.9 Å². The van der Waals surface area contributed by atoms with Crippen molar-refractivity contribution in [3.63, 3.8) is 0 Å². The van der Waals surface area contributed by atoms with Gasteiger partial charge < -0.3 is 31.3 Å².